The van der Waals surface area contributed by atoms with Gasteiger partial charge in [-0.2, -0.15) is 4.73 Å². The number of aryl methyl sites for hydroxylation is 1. The monoisotopic (exact) mass is 211 g/mol. The van der Waals surface area contributed by atoms with Crippen molar-refractivity contribution in [1.29, 1.82) is 0 Å². The molecule has 0 N–H and O–H groups in total. The second kappa shape index (κ2) is 4.37. The van der Waals surface area contributed by atoms with Gasteiger partial charge >= 0.3 is 5.97 Å². The number of aromatic nitrogens is 1. The number of pyridine rings is 1. The van der Waals surface area contributed by atoms with E-state index in [9.17, 15) is 4.79 Å². The molecule has 0 aliphatic carbocycles. The van der Waals surface area contributed by atoms with Crippen molar-refractivity contribution in [3.8, 4) is 0 Å². The number of nitrogens with zero attached hydrogens (tertiary/aromatic N) is 1. The normalized spacial score (nSPS) is 10.3. The summed E-state index contributed by atoms with van der Waals surface area (Å²) in [7, 11) is 0. The Hall–Kier alpha value is -1.16. The summed E-state index contributed by atoms with van der Waals surface area (Å²) in [4.78, 5) is 16.3. The van der Waals surface area contributed by atoms with Gasteiger partial charge in [0.2, 0.25) is 0 Å². The number of rotatable bonds is 2. The van der Waals surface area contributed by atoms with Gasteiger partial charge in [-0.1, -0.05) is 26.1 Å². The molecule has 0 bridgehead atoms. The first-order chi connectivity index (χ1) is 6.50. The minimum Gasteiger partial charge on any atom is -0.335 e. The fourth-order valence-corrected chi connectivity index (χ4v) is 1.13. The van der Waals surface area contributed by atoms with Gasteiger partial charge in [-0.3, -0.25) is 0 Å². The van der Waals surface area contributed by atoms with Crippen molar-refractivity contribution in [2.24, 2.45) is 5.92 Å². The molecular formula is C10H13NO2S. The number of hydrogen-bond donors (Lipinski definition) is 0. The molecule has 3 nitrogen and oxygen atoms in total. The van der Waals surface area contributed by atoms with Crippen LogP contribution in [0.4, 0.5) is 0 Å². The number of carbonyl (C=O) groups is 1. The van der Waals surface area contributed by atoms with Crippen LogP contribution in [0.3, 0.4) is 0 Å². The van der Waals surface area contributed by atoms with Crippen molar-refractivity contribution in [2.45, 2.75) is 20.8 Å². The first-order valence-corrected chi connectivity index (χ1v) is 4.83. The maximum absolute atomic E-state index is 11.3. The highest BCUT2D eigenvalue weighted by atomic mass is 32.1. The Kier molecular flexibility index (Phi) is 3.41. The Morgan fingerprint density at radius 2 is 2.21 bits per heavy atom. The topological polar surface area (TPSA) is 31.2 Å². The second-order valence-corrected chi connectivity index (χ2v) is 3.85. The van der Waals surface area contributed by atoms with Crippen LogP contribution in [0.25, 0.3) is 0 Å². The quantitative estimate of drug-likeness (QED) is 0.702. The second-order valence-electron chi connectivity index (χ2n) is 3.43. The zero-order chi connectivity index (χ0) is 10.7. The first kappa shape index (κ1) is 10.9. The molecule has 0 spiro atoms. The highest BCUT2D eigenvalue weighted by Gasteiger charge is 2.09. The fourth-order valence-electron chi connectivity index (χ4n) is 0.843. The van der Waals surface area contributed by atoms with E-state index in [1.54, 1.807) is 26.1 Å². The van der Waals surface area contributed by atoms with E-state index in [4.69, 9.17) is 17.1 Å². The SMILES string of the molecule is Cc1ccn(OC(=O)C(C)C)c(=S)c1. The summed E-state index contributed by atoms with van der Waals surface area (Å²) < 4.78 is 1.81. The average Bonchev–Trinajstić information content (AvgIpc) is 2.09. The lowest BCUT2D eigenvalue weighted by Crippen LogP contribution is -2.24. The Morgan fingerprint density at radius 3 is 2.71 bits per heavy atom. The predicted molar refractivity (Wildman–Crippen MR) is 56.4 cm³/mol. The molecule has 0 saturated heterocycles. The molecule has 1 aromatic heterocycles. The van der Waals surface area contributed by atoms with Crippen molar-refractivity contribution in [3.05, 3.63) is 28.5 Å². The summed E-state index contributed by atoms with van der Waals surface area (Å²) in [6.07, 6.45) is 1.65. The molecule has 0 atom stereocenters. The summed E-state index contributed by atoms with van der Waals surface area (Å²) in [6, 6.07) is 3.62. The maximum atomic E-state index is 11.3. The molecule has 0 aliphatic rings. The first-order valence-electron chi connectivity index (χ1n) is 4.42. The van der Waals surface area contributed by atoms with E-state index in [0.29, 0.717) is 4.64 Å². The number of carbonyl (C=O) groups excluding carboxylic acids is 1. The molecule has 1 aromatic rings. The van der Waals surface area contributed by atoms with Crippen LogP contribution >= 0.6 is 12.2 Å². The van der Waals surface area contributed by atoms with Crippen molar-refractivity contribution in [3.63, 3.8) is 0 Å². The van der Waals surface area contributed by atoms with Gasteiger partial charge in [0.1, 0.15) is 4.64 Å². The van der Waals surface area contributed by atoms with Crippen LogP contribution in [0.2, 0.25) is 0 Å². The molecule has 76 valence electrons. The lowest BCUT2D eigenvalue weighted by Gasteiger charge is -2.09. The lowest BCUT2D eigenvalue weighted by atomic mass is 10.2. The summed E-state index contributed by atoms with van der Waals surface area (Å²) in [5, 5.41) is 0. The molecule has 1 rings (SSSR count). The third-order valence-electron chi connectivity index (χ3n) is 1.70. The molecule has 0 unspecified atom stereocenters. The van der Waals surface area contributed by atoms with E-state index in [0.717, 1.165) is 5.56 Å². The van der Waals surface area contributed by atoms with Gasteiger partial charge < -0.3 is 4.84 Å². The molecule has 0 aromatic carbocycles. The number of hydrogen-bond acceptors (Lipinski definition) is 3. The van der Waals surface area contributed by atoms with Gasteiger partial charge in [0, 0.05) is 6.20 Å². The van der Waals surface area contributed by atoms with Crippen molar-refractivity contribution in [1.82, 2.24) is 4.73 Å². The summed E-state index contributed by atoms with van der Waals surface area (Å²) in [5.74, 6) is -0.442. The summed E-state index contributed by atoms with van der Waals surface area (Å²) in [6.45, 7) is 5.49. The molecular weight excluding hydrogens is 198 g/mol. The van der Waals surface area contributed by atoms with Crippen LogP contribution in [-0.2, 0) is 4.79 Å². The molecule has 14 heavy (non-hydrogen) atoms. The lowest BCUT2D eigenvalue weighted by molar-refractivity contribution is -0.148. The Balaban J connectivity index is 2.88. The van der Waals surface area contributed by atoms with Crippen LogP contribution < -0.4 is 4.84 Å². The van der Waals surface area contributed by atoms with Crippen LogP contribution in [0.5, 0.6) is 0 Å². The zero-order valence-electron chi connectivity index (χ0n) is 8.48. The average molecular weight is 211 g/mol. The van der Waals surface area contributed by atoms with Gasteiger partial charge in [0.05, 0.1) is 5.92 Å². The van der Waals surface area contributed by atoms with Gasteiger partial charge in [-0.05, 0) is 24.6 Å². The molecule has 1 heterocycles. The van der Waals surface area contributed by atoms with Gasteiger partial charge in [0.15, 0.2) is 0 Å². The van der Waals surface area contributed by atoms with Crippen LogP contribution in [0.15, 0.2) is 18.3 Å². The minimum atomic E-state index is -0.287. The zero-order valence-corrected chi connectivity index (χ0v) is 9.30. The fraction of sp³-hybridized carbons (Fsp3) is 0.400. The Bertz CT molecular complexity index is 395. The van der Waals surface area contributed by atoms with Gasteiger partial charge in [-0.15, -0.1) is 0 Å². The smallest absolute Gasteiger partial charge is 0.335 e. The van der Waals surface area contributed by atoms with Gasteiger partial charge in [0.25, 0.3) is 0 Å². The Labute approximate surface area is 88.3 Å². The van der Waals surface area contributed by atoms with Gasteiger partial charge in [-0.25, -0.2) is 4.79 Å². The van der Waals surface area contributed by atoms with E-state index in [-0.39, 0.29) is 11.9 Å². The van der Waals surface area contributed by atoms with Crippen molar-refractivity contribution in [2.75, 3.05) is 0 Å². The van der Waals surface area contributed by atoms with Crippen molar-refractivity contribution >= 4 is 18.2 Å². The third kappa shape index (κ3) is 2.67. The van der Waals surface area contributed by atoms with E-state index in [2.05, 4.69) is 0 Å². The molecule has 0 radical (unpaired) electrons. The van der Waals surface area contributed by atoms with Crippen LogP contribution in [-0.4, -0.2) is 10.7 Å². The molecule has 0 aliphatic heterocycles. The summed E-state index contributed by atoms with van der Waals surface area (Å²) >= 11 is 5.03. The standard InChI is InChI=1S/C10H13NO2S/c1-7(2)10(12)13-11-5-4-8(3)6-9(11)14/h4-7H,1-3H3. The van der Waals surface area contributed by atoms with E-state index < -0.39 is 0 Å². The highest BCUT2D eigenvalue weighted by molar-refractivity contribution is 7.71. The van der Waals surface area contributed by atoms with Crippen LogP contribution in [0, 0.1) is 17.5 Å². The molecule has 0 amide bonds. The molecule has 4 heteroatoms. The predicted octanol–water partition coefficient (Wildman–Crippen LogP) is 2.14. The summed E-state index contributed by atoms with van der Waals surface area (Å²) in [5.41, 5.74) is 1.05. The van der Waals surface area contributed by atoms with Crippen molar-refractivity contribution < 1.29 is 9.63 Å². The van der Waals surface area contributed by atoms with Crippen LogP contribution in [0.1, 0.15) is 19.4 Å². The largest absolute Gasteiger partial charge is 0.335 e. The molecule has 0 saturated carbocycles. The third-order valence-corrected chi connectivity index (χ3v) is 2.00. The minimum absolute atomic E-state index is 0.154. The Morgan fingerprint density at radius 1 is 1.57 bits per heavy atom. The van der Waals surface area contributed by atoms with E-state index in [1.807, 2.05) is 13.0 Å². The highest BCUT2D eigenvalue weighted by Crippen LogP contribution is 2.00. The molecule has 0 fully saturated rings. The maximum Gasteiger partial charge on any atom is 0.335 e. The van der Waals surface area contributed by atoms with E-state index in [1.165, 1.54) is 4.73 Å². The van der Waals surface area contributed by atoms with E-state index >= 15 is 0 Å².